The molecule has 1 aromatic carbocycles. The van der Waals surface area contributed by atoms with E-state index in [-0.39, 0.29) is 0 Å². The Morgan fingerprint density at radius 2 is 1.82 bits per heavy atom. The molecule has 0 radical (unpaired) electrons. The minimum Gasteiger partial charge on any atom is -0.339 e. The molecule has 0 saturated heterocycles. The second-order valence-electron chi connectivity index (χ2n) is 3.24. The quantitative estimate of drug-likeness (QED) is 0.708. The first-order valence-corrected chi connectivity index (χ1v) is 6.93. The van der Waals surface area contributed by atoms with Gasteiger partial charge in [-0.3, -0.25) is 0 Å². The fourth-order valence-corrected chi connectivity index (χ4v) is 2.38. The molecule has 0 atom stereocenters. The van der Waals surface area contributed by atoms with E-state index in [1.54, 1.807) is 12.3 Å². The van der Waals surface area contributed by atoms with Crippen LogP contribution in [0.2, 0.25) is 10.0 Å². The molecule has 1 aromatic heterocycles. The van der Waals surface area contributed by atoms with Gasteiger partial charge in [0.15, 0.2) is 0 Å². The van der Waals surface area contributed by atoms with Gasteiger partial charge < -0.3 is 5.32 Å². The number of halogens is 4. The van der Waals surface area contributed by atoms with E-state index in [0.29, 0.717) is 15.9 Å². The Kier molecular flexibility index (Phi) is 4.31. The molecular weight excluding hydrogens is 391 g/mol. The number of pyridine rings is 1. The fraction of sp³-hybridized carbons (Fsp3) is 0. The number of rotatable bonds is 2. The van der Waals surface area contributed by atoms with Crippen LogP contribution in [-0.4, -0.2) is 4.98 Å². The van der Waals surface area contributed by atoms with E-state index in [1.807, 2.05) is 18.2 Å². The summed E-state index contributed by atoms with van der Waals surface area (Å²) in [6.45, 7) is 0. The van der Waals surface area contributed by atoms with Crippen LogP contribution in [-0.2, 0) is 0 Å². The maximum absolute atomic E-state index is 6.00. The highest BCUT2D eigenvalue weighted by molar-refractivity contribution is 9.11. The minimum absolute atomic E-state index is 0.580. The van der Waals surface area contributed by atoms with E-state index >= 15 is 0 Å². The predicted molar refractivity (Wildman–Crippen MR) is 79.4 cm³/mol. The second kappa shape index (κ2) is 5.57. The van der Waals surface area contributed by atoms with Crippen LogP contribution in [0.5, 0.6) is 0 Å². The topological polar surface area (TPSA) is 24.9 Å². The van der Waals surface area contributed by atoms with Gasteiger partial charge in [-0.1, -0.05) is 23.2 Å². The van der Waals surface area contributed by atoms with Crippen molar-refractivity contribution in [3.05, 3.63) is 49.5 Å². The molecule has 0 bridgehead atoms. The number of anilines is 2. The van der Waals surface area contributed by atoms with Crippen LogP contribution >= 0.6 is 55.1 Å². The lowest BCUT2D eigenvalue weighted by Gasteiger charge is -2.08. The zero-order valence-electron chi connectivity index (χ0n) is 8.35. The molecule has 0 aliphatic heterocycles. The Bertz CT molecular complexity index is 561. The Balaban J connectivity index is 2.28. The fourth-order valence-electron chi connectivity index (χ4n) is 1.22. The van der Waals surface area contributed by atoms with Crippen LogP contribution in [0.1, 0.15) is 0 Å². The maximum Gasteiger partial charge on any atom is 0.144 e. The molecule has 6 heteroatoms. The summed E-state index contributed by atoms with van der Waals surface area (Å²) in [5.41, 5.74) is 0.855. The summed E-state index contributed by atoms with van der Waals surface area (Å²) >= 11 is 18.5. The summed E-state index contributed by atoms with van der Waals surface area (Å²) in [6.07, 6.45) is 1.58. The number of hydrogen-bond donors (Lipinski definition) is 1. The van der Waals surface area contributed by atoms with Crippen molar-refractivity contribution in [1.82, 2.24) is 4.98 Å². The second-order valence-corrected chi connectivity index (χ2v) is 5.79. The molecule has 17 heavy (non-hydrogen) atoms. The molecule has 2 rings (SSSR count). The van der Waals surface area contributed by atoms with Crippen molar-refractivity contribution < 1.29 is 0 Å². The lowest BCUT2D eigenvalue weighted by molar-refractivity contribution is 1.29. The minimum atomic E-state index is 0.580. The molecule has 0 aliphatic carbocycles. The zero-order chi connectivity index (χ0) is 12.4. The van der Waals surface area contributed by atoms with Gasteiger partial charge >= 0.3 is 0 Å². The summed E-state index contributed by atoms with van der Waals surface area (Å²) < 4.78 is 1.65. The summed E-state index contributed by atoms with van der Waals surface area (Å²) in [4.78, 5) is 4.18. The summed E-state index contributed by atoms with van der Waals surface area (Å²) in [6, 6.07) is 7.36. The lowest BCUT2D eigenvalue weighted by atomic mass is 10.3. The molecule has 0 unspecified atom stereocenters. The highest BCUT2D eigenvalue weighted by atomic mass is 79.9. The molecule has 1 heterocycles. The van der Waals surface area contributed by atoms with E-state index < -0.39 is 0 Å². The Morgan fingerprint density at radius 3 is 2.47 bits per heavy atom. The van der Waals surface area contributed by atoms with E-state index in [9.17, 15) is 0 Å². The van der Waals surface area contributed by atoms with Crippen LogP contribution < -0.4 is 5.32 Å². The van der Waals surface area contributed by atoms with E-state index in [1.165, 1.54) is 0 Å². The summed E-state index contributed by atoms with van der Waals surface area (Å²) in [5.74, 6) is 0.688. The van der Waals surface area contributed by atoms with Gasteiger partial charge in [-0.25, -0.2) is 4.98 Å². The predicted octanol–water partition coefficient (Wildman–Crippen LogP) is 5.66. The van der Waals surface area contributed by atoms with Gasteiger partial charge in [0.05, 0.1) is 14.5 Å². The van der Waals surface area contributed by atoms with Gasteiger partial charge in [0.1, 0.15) is 5.82 Å². The van der Waals surface area contributed by atoms with Crippen LogP contribution in [0.4, 0.5) is 11.5 Å². The summed E-state index contributed by atoms with van der Waals surface area (Å²) in [7, 11) is 0. The number of nitrogens with zero attached hydrogens (tertiary/aromatic N) is 1. The van der Waals surface area contributed by atoms with Crippen molar-refractivity contribution in [3.63, 3.8) is 0 Å². The van der Waals surface area contributed by atoms with Gasteiger partial charge in [0.25, 0.3) is 0 Å². The monoisotopic (exact) mass is 394 g/mol. The third-order valence-corrected chi connectivity index (χ3v) is 4.03. The van der Waals surface area contributed by atoms with E-state index in [0.717, 1.165) is 14.6 Å². The molecule has 0 spiro atoms. The van der Waals surface area contributed by atoms with Crippen LogP contribution in [0.3, 0.4) is 0 Å². The van der Waals surface area contributed by atoms with Gasteiger partial charge in [-0.05, 0) is 56.1 Å². The highest BCUT2D eigenvalue weighted by Crippen LogP contribution is 2.29. The number of aromatic nitrogens is 1. The average molecular weight is 397 g/mol. The molecule has 0 saturated carbocycles. The smallest absolute Gasteiger partial charge is 0.144 e. The number of benzene rings is 1. The van der Waals surface area contributed by atoms with Gasteiger partial charge in [-0.15, -0.1) is 0 Å². The number of nitrogens with one attached hydrogen (secondary N) is 1. The van der Waals surface area contributed by atoms with Crippen molar-refractivity contribution in [2.45, 2.75) is 0 Å². The third kappa shape index (κ3) is 3.35. The Labute approximate surface area is 126 Å². The Morgan fingerprint density at radius 1 is 1.06 bits per heavy atom. The van der Waals surface area contributed by atoms with Gasteiger partial charge in [0.2, 0.25) is 0 Å². The van der Waals surface area contributed by atoms with Crippen molar-refractivity contribution >= 4 is 66.6 Å². The lowest BCUT2D eigenvalue weighted by Crippen LogP contribution is -1.94. The normalized spacial score (nSPS) is 10.4. The van der Waals surface area contributed by atoms with Gasteiger partial charge in [0, 0.05) is 16.4 Å². The van der Waals surface area contributed by atoms with Crippen LogP contribution in [0.25, 0.3) is 0 Å². The SMILES string of the molecule is Clc1cnc(Nc2ccc(Br)c(Cl)c2)c(Br)c1. The first-order valence-electron chi connectivity index (χ1n) is 4.59. The van der Waals surface area contributed by atoms with Gasteiger partial charge in [-0.2, -0.15) is 0 Å². The zero-order valence-corrected chi connectivity index (χ0v) is 13.0. The average Bonchev–Trinajstić information content (AvgIpc) is 2.27. The van der Waals surface area contributed by atoms with Crippen molar-refractivity contribution in [2.24, 2.45) is 0 Å². The van der Waals surface area contributed by atoms with Crippen molar-refractivity contribution in [2.75, 3.05) is 5.32 Å². The molecule has 1 N–H and O–H groups in total. The van der Waals surface area contributed by atoms with Crippen LogP contribution in [0, 0.1) is 0 Å². The summed E-state index contributed by atoms with van der Waals surface area (Å²) in [5, 5.41) is 4.36. The molecule has 88 valence electrons. The molecule has 0 fully saturated rings. The maximum atomic E-state index is 6.00. The molecule has 0 amide bonds. The standard InChI is InChI=1S/C11H6Br2Cl2N2/c12-8-2-1-7(4-10(8)15)17-11-9(13)3-6(14)5-16-11/h1-5H,(H,16,17). The van der Waals surface area contributed by atoms with Crippen LogP contribution in [0.15, 0.2) is 39.4 Å². The largest absolute Gasteiger partial charge is 0.339 e. The first-order chi connectivity index (χ1) is 8.06. The molecular formula is C11H6Br2Cl2N2. The van der Waals surface area contributed by atoms with E-state index in [4.69, 9.17) is 23.2 Å². The van der Waals surface area contributed by atoms with Crippen molar-refractivity contribution in [3.8, 4) is 0 Å². The third-order valence-electron chi connectivity index (χ3n) is 1.99. The highest BCUT2D eigenvalue weighted by Gasteiger charge is 2.04. The molecule has 2 aromatic rings. The molecule has 0 aliphatic rings. The first kappa shape index (κ1) is 13.1. The van der Waals surface area contributed by atoms with E-state index in [2.05, 4.69) is 42.2 Å². The molecule has 2 nitrogen and oxygen atoms in total. The van der Waals surface area contributed by atoms with Crippen molar-refractivity contribution in [1.29, 1.82) is 0 Å². The Hall–Kier alpha value is -0.290. The number of hydrogen-bond acceptors (Lipinski definition) is 2.